The maximum atomic E-state index is 12.3. The Morgan fingerprint density at radius 2 is 2.33 bits per heavy atom. The van der Waals surface area contributed by atoms with Crippen LogP contribution in [0.1, 0.15) is 21.6 Å². The number of nitrogens with one attached hydrogen (secondary N) is 2. The van der Waals surface area contributed by atoms with Gasteiger partial charge < -0.3 is 9.73 Å². The van der Waals surface area contributed by atoms with Gasteiger partial charge in [0.2, 0.25) is 0 Å². The van der Waals surface area contributed by atoms with Crippen molar-refractivity contribution in [2.75, 3.05) is 0 Å². The summed E-state index contributed by atoms with van der Waals surface area (Å²) in [6, 6.07) is 3.38. The summed E-state index contributed by atoms with van der Waals surface area (Å²) in [6.07, 6.45) is 3.10. The number of carbonyl (C=O) groups is 1. The van der Waals surface area contributed by atoms with E-state index in [1.807, 2.05) is 0 Å². The van der Waals surface area contributed by atoms with Crippen LogP contribution in [0.4, 0.5) is 0 Å². The average molecular weight is 286 g/mol. The first-order chi connectivity index (χ1) is 10.1. The third kappa shape index (κ3) is 2.33. The number of aryl methyl sites for hydroxylation is 2. The van der Waals surface area contributed by atoms with Crippen molar-refractivity contribution >= 4 is 16.9 Å². The fourth-order valence-corrected chi connectivity index (χ4v) is 2.23. The molecular weight excluding hydrogens is 272 g/mol. The molecule has 0 spiro atoms. The molecule has 0 aliphatic heterocycles. The molecule has 3 aromatic heterocycles. The minimum absolute atomic E-state index is 0.299. The number of nitrogens with zero attached hydrogens (tertiary/aromatic N) is 2. The zero-order chi connectivity index (χ0) is 15.0. The lowest BCUT2D eigenvalue weighted by molar-refractivity contribution is 0.0952. The van der Waals surface area contributed by atoms with Gasteiger partial charge in [0.25, 0.3) is 11.5 Å². The van der Waals surface area contributed by atoms with Crippen LogP contribution < -0.4 is 10.9 Å². The fraction of sp³-hybridized carbons (Fsp3) is 0.214. The van der Waals surface area contributed by atoms with Crippen molar-refractivity contribution in [2.24, 2.45) is 7.05 Å². The summed E-state index contributed by atoms with van der Waals surface area (Å²) in [5, 5.41) is 5.68. The van der Waals surface area contributed by atoms with Gasteiger partial charge in [-0.25, -0.2) is 4.98 Å². The third-order valence-corrected chi connectivity index (χ3v) is 3.22. The molecule has 0 atom stereocenters. The van der Waals surface area contributed by atoms with Crippen molar-refractivity contribution in [3.8, 4) is 0 Å². The zero-order valence-electron chi connectivity index (χ0n) is 11.6. The normalized spacial score (nSPS) is 11.0. The van der Waals surface area contributed by atoms with E-state index in [0.29, 0.717) is 28.8 Å². The zero-order valence-corrected chi connectivity index (χ0v) is 11.6. The number of aromatic amines is 1. The van der Waals surface area contributed by atoms with Gasteiger partial charge in [-0.2, -0.15) is 0 Å². The number of pyridine rings is 1. The number of hydrogen-bond acceptors (Lipinski definition) is 4. The lowest BCUT2D eigenvalue weighted by Gasteiger charge is -2.06. The molecule has 0 saturated heterocycles. The topological polar surface area (TPSA) is 92.9 Å². The van der Waals surface area contributed by atoms with Gasteiger partial charge in [0, 0.05) is 24.8 Å². The summed E-state index contributed by atoms with van der Waals surface area (Å²) in [5.41, 5.74) is 1.99. The van der Waals surface area contributed by atoms with Crippen LogP contribution in [0.3, 0.4) is 0 Å². The van der Waals surface area contributed by atoms with Gasteiger partial charge in [-0.05, 0) is 19.1 Å². The Balaban J connectivity index is 1.99. The van der Waals surface area contributed by atoms with Crippen LogP contribution in [0, 0.1) is 6.92 Å². The highest BCUT2D eigenvalue weighted by atomic mass is 16.3. The van der Waals surface area contributed by atoms with Crippen LogP contribution in [-0.4, -0.2) is 20.7 Å². The number of furan rings is 1. The lowest BCUT2D eigenvalue weighted by atomic mass is 10.1. The minimum atomic E-state index is -0.325. The fourth-order valence-electron chi connectivity index (χ4n) is 2.23. The number of amides is 1. The van der Waals surface area contributed by atoms with Gasteiger partial charge in [0.05, 0.1) is 23.5 Å². The molecule has 108 valence electrons. The predicted octanol–water partition coefficient (Wildman–Crippen LogP) is 1.09. The van der Waals surface area contributed by atoms with Gasteiger partial charge in [0.1, 0.15) is 0 Å². The molecule has 0 aliphatic carbocycles. The molecule has 0 unspecified atom stereocenters. The number of hydrogen-bond donors (Lipinski definition) is 2. The summed E-state index contributed by atoms with van der Waals surface area (Å²) in [7, 11) is 1.68. The highest BCUT2D eigenvalue weighted by molar-refractivity contribution is 6.05. The molecule has 7 heteroatoms. The molecule has 0 saturated carbocycles. The Hall–Kier alpha value is -2.83. The van der Waals surface area contributed by atoms with Crippen molar-refractivity contribution in [1.82, 2.24) is 20.1 Å². The van der Waals surface area contributed by atoms with Crippen LogP contribution in [-0.2, 0) is 13.6 Å². The molecule has 2 N–H and O–H groups in total. The van der Waals surface area contributed by atoms with E-state index in [9.17, 15) is 9.59 Å². The Labute approximate surface area is 119 Å². The average Bonchev–Trinajstić information content (AvgIpc) is 3.05. The minimum Gasteiger partial charge on any atom is -0.472 e. The number of fused-ring (bicyclic) bond motifs is 1. The van der Waals surface area contributed by atoms with Crippen LogP contribution >= 0.6 is 0 Å². The molecule has 7 nitrogen and oxygen atoms in total. The quantitative estimate of drug-likeness (QED) is 0.753. The van der Waals surface area contributed by atoms with Gasteiger partial charge in [-0.1, -0.05) is 0 Å². The van der Waals surface area contributed by atoms with E-state index >= 15 is 0 Å². The summed E-state index contributed by atoms with van der Waals surface area (Å²) in [6.45, 7) is 2.12. The number of H-pyrrole nitrogens is 1. The van der Waals surface area contributed by atoms with Crippen molar-refractivity contribution in [1.29, 1.82) is 0 Å². The van der Waals surface area contributed by atoms with Crippen LogP contribution in [0.2, 0.25) is 0 Å². The molecule has 0 bridgehead atoms. The third-order valence-electron chi connectivity index (χ3n) is 3.22. The monoisotopic (exact) mass is 286 g/mol. The first kappa shape index (κ1) is 13.2. The van der Waals surface area contributed by atoms with E-state index in [1.54, 1.807) is 32.4 Å². The number of carbonyl (C=O) groups excluding carboxylic acids is 1. The first-order valence-corrected chi connectivity index (χ1v) is 6.42. The molecule has 21 heavy (non-hydrogen) atoms. The second kappa shape index (κ2) is 4.93. The highest BCUT2D eigenvalue weighted by Crippen LogP contribution is 2.14. The van der Waals surface area contributed by atoms with Gasteiger partial charge in [-0.15, -0.1) is 0 Å². The van der Waals surface area contributed by atoms with E-state index in [0.717, 1.165) is 5.56 Å². The van der Waals surface area contributed by atoms with E-state index < -0.39 is 0 Å². The van der Waals surface area contributed by atoms with Crippen LogP contribution in [0.25, 0.3) is 11.0 Å². The van der Waals surface area contributed by atoms with E-state index in [-0.39, 0.29) is 11.5 Å². The SMILES string of the molecule is Cc1cc(C(=O)NCc2ccoc2)c2c(=O)[nH]n(C)c2n1. The van der Waals surface area contributed by atoms with Crippen molar-refractivity contribution < 1.29 is 9.21 Å². The smallest absolute Gasteiger partial charge is 0.274 e. The van der Waals surface area contributed by atoms with Crippen LogP contribution in [0.5, 0.6) is 0 Å². The largest absolute Gasteiger partial charge is 0.472 e. The molecule has 0 radical (unpaired) electrons. The van der Waals surface area contributed by atoms with E-state index in [1.165, 1.54) is 10.9 Å². The molecule has 3 aromatic rings. The van der Waals surface area contributed by atoms with Crippen molar-refractivity contribution in [3.05, 3.63) is 51.8 Å². The molecule has 1 amide bonds. The predicted molar refractivity (Wildman–Crippen MR) is 75.9 cm³/mol. The van der Waals surface area contributed by atoms with Gasteiger partial charge >= 0.3 is 0 Å². The second-order valence-corrected chi connectivity index (χ2v) is 4.82. The lowest BCUT2D eigenvalue weighted by Crippen LogP contribution is -2.24. The van der Waals surface area contributed by atoms with Crippen LogP contribution in [0.15, 0.2) is 33.9 Å². The Morgan fingerprint density at radius 1 is 1.52 bits per heavy atom. The van der Waals surface area contributed by atoms with E-state index in [2.05, 4.69) is 15.4 Å². The Kier molecular flexibility index (Phi) is 3.09. The molecule has 3 heterocycles. The molecule has 0 aromatic carbocycles. The molecule has 3 rings (SSSR count). The Bertz CT molecular complexity index is 858. The van der Waals surface area contributed by atoms with Gasteiger partial charge in [-0.3, -0.25) is 19.4 Å². The second-order valence-electron chi connectivity index (χ2n) is 4.82. The number of aromatic nitrogens is 3. The Morgan fingerprint density at radius 3 is 3.05 bits per heavy atom. The summed E-state index contributed by atoms with van der Waals surface area (Å²) >= 11 is 0. The molecule has 0 aliphatic rings. The molecular formula is C14H14N4O3. The maximum absolute atomic E-state index is 12.3. The summed E-state index contributed by atoms with van der Waals surface area (Å²) in [4.78, 5) is 28.6. The summed E-state index contributed by atoms with van der Waals surface area (Å²) < 4.78 is 6.46. The standard InChI is InChI=1S/C14H14N4O3/c1-8-5-10(11-12(16-8)18(2)17-14(11)20)13(19)15-6-9-3-4-21-7-9/h3-5,7H,6H2,1-2H3,(H,15,19)(H,17,20). The molecule has 0 fully saturated rings. The van der Waals surface area contributed by atoms with Crippen molar-refractivity contribution in [3.63, 3.8) is 0 Å². The highest BCUT2D eigenvalue weighted by Gasteiger charge is 2.17. The van der Waals surface area contributed by atoms with Crippen molar-refractivity contribution in [2.45, 2.75) is 13.5 Å². The maximum Gasteiger partial charge on any atom is 0.274 e. The van der Waals surface area contributed by atoms with Gasteiger partial charge in [0.15, 0.2) is 5.65 Å². The number of rotatable bonds is 3. The first-order valence-electron chi connectivity index (χ1n) is 6.42. The summed E-state index contributed by atoms with van der Waals surface area (Å²) in [5.74, 6) is -0.316. The van der Waals surface area contributed by atoms with E-state index in [4.69, 9.17) is 4.42 Å².